The number of hydrogen-bond donors (Lipinski definition) is 2. The van der Waals surface area contributed by atoms with Gasteiger partial charge in [-0.3, -0.25) is 9.69 Å². The lowest BCUT2D eigenvalue weighted by Gasteiger charge is -2.31. The normalized spacial score (nSPS) is 16.5. The summed E-state index contributed by atoms with van der Waals surface area (Å²) in [5.74, 6) is 0. The average molecular weight is 275 g/mol. The highest BCUT2D eigenvalue weighted by Crippen LogP contribution is 2.25. The highest BCUT2D eigenvalue weighted by molar-refractivity contribution is 5.38. The Hall–Kier alpha value is -1.34. The maximum absolute atomic E-state index is 12.4. The lowest BCUT2D eigenvalue weighted by atomic mass is 9.94. The predicted octanol–water partition coefficient (Wildman–Crippen LogP) is 1.06. The Morgan fingerprint density at radius 2 is 2.05 bits per heavy atom. The van der Waals surface area contributed by atoms with Gasteiger partial charge in [-0.15, -0.1) is 0 Å². The summed E-state index contributed by atoms with van der Waals surface area (Å²) in [4.78, 5) is 15.7. The number of halogens is 3. The van der Waals surface area contributed by atoms with Crippen molar-refractivity contribution in [3.8, 4) is 0 Å². The molecule has 1 aromatic rings. The van der Waals surface area contributed by atoms with E-state index in [1.165, 1.54) is 4.90 Å². The van der Waals surface area contributed by atoms with Gasteiger partial charge in [0.25, 0.3) is 5.56 Å². The van der Waals surface area contributed by atoms with E-state index in [1.807, 2.05) is 0 Å². The van der Waals surface area contributed by atoms with Gasteiger partial charge in [0, 0.05) is 30.9 Å². The van der Waals surface area contributed by atoms with Crippen LogP contribution in [-0.2, 0) is 19.5 Å². The first-order valence-electron chi connectivity index (χ1n) is 6.04. The minimum absolute atomic E-state index is 0.108. The van der Waals surface area contributed by atoms with E-state index in [4.69, 9.17) is 5.73 Å². The van der Waals surface area contributed by atoms with Crippen molar-refractivity contribution in [2.24, 2.45) is 5.73 Å². The van der Waals surface area contributed by atoms with Crippen LogP contribution in [0.1, 0.15) is 22.4 Å². The molecule has 0 aromatic carbocycles. The number of pyridine rings is 1. The number of aromatic amines is 1. The minimum Gasteiger partial charge on any atom is -0.326 e. The van der Waals surface area contributed by atoms with Crippen LogP contribution in [0.2, 0.25) is 0 Å². The van der Waals surface area contributed by atoms with Crippen molar-refractivity contribution in [2.45, 2.75) is 32.6 Å². The molecule has 1 aliphatic rings. The van der Waals surface area contributed by atoms with E-state index in [1.54, 1.807) is 6.92 Å². The fourth-order valence-corrected chi connectivity index (χ4v) is 2.56. The molecule has 19 heavy (non-hydrogen) atoms. The maximum Gasteiger partial charge on any atom is 0.401 e. The first kappa shape index (κ1) is 14.1. The molecule has 0 unspecified atom stereocenters. The average Bonchev–Trinajstić information content (AvgIpc) is 2.28. The monoisotopic (exact) mass is 275 g/mol. The van der Waals surface area contributed by atoms with Crippen LogP contribution in [0.3, 0.4) is 0 Å². The third-order valence-corrected chi connectivity index (χ3v) is 3.42. The van der Waals surface area contributed by atoms with E-state index in [2.05, 4.69) is 4.98 Å². The molecule has 0 aliphatic carbocycles. The van der Waals surface area contributed by atoms with Gasteiger partial charge >= 0.3 is 6.18 Å². The molecule has 4 nitrogen and oxygen atoms in total. The molecule has 0 radical (unpaired) electrons. The highest BCUT2D eigenvalue weighted by atomic mass is 19.4. The predicted molar refractivity (Wildman–Crippen MR) is 64.7 cm³/mol. The largest absolute Gasteiger partial charge is 0.401 e. The molecule has 7 heteroatoms. The number of alkyl halides is 3. The van der Waals surface area contributed by atoms with E-state index in [-0.39, 0.29) is 18.6 Å². The van der Waals surface area contributed by atoms with Gasteiger partial charge in [-0.25, -0.2) is 0 Å². The first-order chi connectivity index (χ1) is 8.81. The van der Waals surface area contributed by atoms with Gasteiger partial charge in [-0.05, 0) is 24.5 Å². The Bertz CT molecular complexity index is 536. The summed E-state index contributed by atoms with van der Waals surface area (Å²) in [5.41, 5.74) is 8.03. The molecule has 0 amide bonds. The molecule has 2 rings (SSSR count). The second-order valence-electron chi connectivity index (χ2n) is 4.79. The Balaban J connectivity index is 2.33. The molecular formula is C12H16F3N3O. The van der Waals surface area contributed by atoms with Gasteiger partial charge in [0.2, 0.25) is 0 Å². The number of nitrogens with zero attached hydrogens (tertiary/aromatic N) is 1. The summed E-state index contributed by atoms with van der Waals surface area (Å²) in [6.45, 7) is 1.38. The number of nitrogens with two attached hydrogens (primary N) is 1. The van der Waals surface area contributed by atoms with E-state index >= 15 is 0 Å². The topological polar surface area (TPSA) is 62.1 Å². The zero-order valence-corrected chi connectivity index (χ0v) is 10.6. The zero-order valence-electron chi connectivity index (χ0n) is 10.6. The summed E-state index contributed by atoms with van der Waals surface area (Å²) in [6, 6.07) is 0. The van der Waals surface area contributed by atoms with Crippen LogP contribution in [-0.4, -0.2) is 29.1 Å². The van der Waals surface area contributed by atoms with Crippen molar-refractivity contribution in [1.29, 1.82) is 0 Å². The first-order valence-corrected chi connectivity index (χ1v) is 6.04. The highest BCUT2D eigenvalue weighted by Gasteiger charge is 2.33. The van der Waals surface area contributed by atoms with E-state index < -0.39 is 12.7 Å². The summed E-state index contributed by atoms with van der Waals surface area (Å²) in [7, 11) is 0. The Labute approximate surface area is 108 Å². The van der Waals surface area contributed by atoms with Crippen LogP contribution in [0, 0.1) is 6.92 Å². The van der Waals surface area contributed by atoms with Crippen LogP contribution in [0.25, 0.3) is 0 Å². The van der Waals surface area contributed by atoms with Gasteiger partial charge in [0.15, 0.2) is 0 Å². The Morgan fingerprint density at radius 3 is 2.63 bits per heavy atom. The van der Waals surface area contributed by atoms with Gasteiger partial charge in [0.1, 0.15) is 0 Å². The maximum atomic E-state index is 12.4. The molecule has 1 aliphatic heterocycles. The van der Waals surface area contributed by atoms with Crippen molar-refractivity contribution >= 4 is 0 Å². The van der Waals surface area contributed by atoms with Gasteiger partial charge in [0.05, 0.1) is 6.54 Å². The van der Waals surface area contributed by atoms with E-state index in [0.29, 0.717) is 24.2 Å². The number of aryl methyl sites for hydroxylation is 1. The molecule has 0 bridgehead atoms. The molecule has 0 saturated carbocycles. The van der Waals surface area contributed by atoms with Crippen molar-refractivity contribution in [2.75, 3.05) is 13.1 Å². The summed E-state index contributed by atoms with van der Waals surface area (Å²) in [6.07, 6.45) is -3.77. The fraction of sp³-hybridized carbons (Fsp3) is 0.583. The third kappa shape index (κ3) is 2.98. The van der Waals surface area contributed by atoms with Crippen molar-refractivity contribution in [1.82, 2.24) is 9.88 Å². The van der Waals surface area contributed by atoms with Gasteiger partial charge < -0.3 is 10.7 Å². The second kappa shape index (κ2) is 4.97. The van der Waals surface area contributed by atoms with Crippen LogP contribution in [0.15, 0.2) is 4.79 Å². The van der Waals surface area contributed by atoms with Gasteiger partial charge in [-0.2, -0.15) is 13.2 Å². The number of fused-ring (bicyclic) bond motifs is 1. The molecule has 0 spiro atoms. The zero-order chi connectivity index (χ0) is 14.2. The summed E-state index contributed by atoms with van der Waals surface area (Å²) < 4.78 is 37.2. The molecule has 2 heterocycles. The molecule has 3 N–H and O–H groups in total. The van der Waals surface area contributed by atoms with Gasteiger partial charge in [-0.1, -0.05) is 0 Å². The quantitative estimate of drug-likeness (QED) is 0.848. The molecule has 0 saturated heterocycles. The Kier molecular flexibility index (Phi) is 3.69. The standard InChI is InChI=1S/C12H16F3N3O/c1-7-10-5-18(6-12(13,14)15)3-2-8(10)9(4-16)11(19)17-7/h2-6,16H2,1H3,(H,17,19). The lowest BCUT2D eigenvalue weighted by Crippen LogP contribution is -2.40. The van der Waals surface area contributed by atoms with E-state index in [9.17, 15) is 18.0 Å². The summed E-state index contributed by atoms with van der Waals surface area (Å²) >= 11 is 0. The van der Waals surface area contributed by atoms with Crippen molar-refractivity contribution in [3.05, 3.63) is 32.7 Å². The number of aromatic nitrogens is 1. The number of rotatable bonds is 2. The number of H-pyrrole nitrogens is 1. The van der Waals surface area contributed by atoms with Crippen molar-refractivity contribution < 1.29 is 13.2 Å². The van der Waals surface area contributed by atoms with Crippen LogP contribution < -0.4 is 11.3 Å². The molecular weight excluding hydrogens is 259 g/mol. The second-order valence-corrected chi connectivity index (χ2v) is 4.79. The smallest absolute Gasteiger partial charge is 0.326 e. The number of nitrogens with one attached hydrogen (secondary N) is 1. The van der Waals surface area contributed by atoms with Crippen LogP contribution in [0.4, 0.5) is 13.2 Å². The van der Waals surface area contributed by atoms with E-state index in [0.717, 1.165) is 11.1 Å². The molecule has 106 valence electrons. The fourth-order valence-electron chi connectivity index (χ4n) is 2.56. The third-order valence-electron chi connectivity index (χ3n) is 3.42. The molecule has 0 atom stereocenters. The molecule has 0 fully saturated rings. The minimum atomic E-state index is -4.20. The lowest BCUT2D eigenvalue weighted by molar-refractivity contribution is -0.147. The van der Waals surface area contributed by atoms with Crippen molar-refractivity contribution in [3.63, 3.8) is 0 Å². The van der Waals surface area contributed by atoms with Crippen LogP contribution in [0.5, 0.6) is 0 Å². The Morgan fingerprint density at radius 1 is 1.37 bits per heavy atom. The van der Waals surface area contributed by atoms with Crippen LogP contribution >= 0.6 is 0 Å². The summed E-state index contributed by atoms with van der Waals surface area (Å²) in [5, 5.41) is 0. The SMILES string of the molecule is Cc1[nH]c(=O)c(CN)c2c1CN(CC(F)(F)F)CC2. The number of hydrogen-bond acceptors (Lipinski definition) is 3. The molecule has 1 aromatic heterocycles.